The maximum atomic E-state index is 11.7. The lowest BCUT2D eigenvalue weighted by Crippen LogP contribution is -2.49. The van der Waals surface area contributed by atoms with Crippen molar-refractivity contribution in [1.29, 1.82) is 0 Å². The third-order valence-corrected chi connectivity index (χ3v) is 3.71. The third kappa shape index (κ3) is 3.20. The molecule has 2 rings (SSSR count). The van der Waals surface area contributed by atoms with Crippen molar-refractivity contribution in [3.05, 3.63) is 22.4 Å². The molecular weight excluding hydrogens is 244 g/mol. The Bertz CT molecular complexity index is 325. The van der Waals surface area contributed by atoms with Gasteiger partial charge in [-0.25, -0.2) is 0 Å². The number of carbonyl (C=O) groups excluding carboxylic acids is 1. The van der Waals surface area contributed by atoms with Crippen LogP contribution in [0.1, 0.15) is 12.5 Å². The van der Waals surface area contributed by atoms with Gasteiger partial charge in [-0.1, -0.05) is 6.92 Å². The van der Waals surface area contributed by atoms with Gasteiger partial charge in [0.15, 0.2) is 0 Å². The van der Waals surface area contributed by atoms with Gasteiger partial charge in [0.25, 0.3) is 0 Å². The molecule has 0 bridgehead atoms. The Labute approximate surface area is 106 Å². The van der Waals surface area contributed by atoms with Crippen molar-refractivity contribution >= 4 is 29.7 Å². The third-order valence-electron chi connectivity index (χ3n) is 2.98. The maximum Gasteiger partial charge on any atom is 0.223 e. The van der Waals surface area contributed by atoms with Crippen molar-refractivity contribution in [2.45, 2.75) is 13.5 Å². The Hall–Kier alpha value is -0.580. The van der Waals surface area contributed by atoms with Crippen molar-refractivity contribution in [3.63, 3.8) is 0 Å². The number of hydrogen-bond acceptors (Lipinski definition) is 3. The first kappa shape index (κ1) is 13.5. The zero-order valence-corrected chi connectivity index (χ0v) is 10.9. The fraction of sp³-hybridized carbons (Fsp3) is 0.545. The Morgan fingerprint density at radius 3 is 2.94 bits per heavy atom. The van der Waals surface area contributed by atoms with Gasteiger partial charge in [0.05, 0.1) is 0 Å². The van der Waals surface area contributed by atoms with E-state index < -0.39 is 0 Å². The summed E-state index contributed by atoms with van der Waals surface area (Å²) >= 11 is 1.66. The summed E-state index contributed by atoms with van der Waals surface area (Å²) in [5.41, 5.74) is 1.19. The van der Waals surface area contributed by atoms with E-state index in [-0.39, 0.29) is 24.2 Å². The molecule has 16 heavy (non-hydrogen) atoms. The van der Waals surface area contributed by atoms with Crippen LogP contribution < -0.4 is 10.6 Å². The molecule has 5 heteroatoms. The zero-order chi connectivity index (χ0) is 10.7. The van der Waals surface area contributed by atoms with Crippen molar-refractivity contribution in [2.75, 3.05) is 13.1 Å². The SMILES string of the molecule is CC(C(=O)NCc1ccsc1)C1CNC1.Cl. The van der Waals surface area contributed by atoms with Crippen LogP contribution in [-0.4, -0.2) is 19.0 Å². The maximum absolute atomic E-state index is 11.7. The molecule has 90 valence electrons. The molecule has 2 heterocycles. The molecule has 1 atom stereocenters. The van der Waals surface area contributed by atoms with Crippen LogP contribution in [0.3, 0.4) is 0 Å². The highest BCUT2D eigenvalue weighted by Crippen LogP contribution is 2.16. The van der Waals surface area contributed by atoms with Crippen molar-refractivity contribution in [1.82, 2.24) is 10.6 Å². The van der Waals surface area contributed by atoms with Crippen molar-refractivity contribution in [3.8, 4) is 0 Å². The summed E-state index contributed by atoms with van der Waals surface area (Å²) in [5, 5.41) is 10.3. The highest BCUT2D eigenvalue weighted by Gasteiger charge is 2.28. The van der Waals surface area contributed by atoms with E-state index in [0.717, 1.165) is 13.1 Å². The minimum absolute atomic E-state index is 0. The lowest BCUT2D eigenvalue weighted by atomic mass is 9.88. The largest absolute Gasteiger partial charge is 0.352 e. The van der Waals surface area contributed by atoms with Gasteiger partial charge >= 0.3 is 0 Å². The zero-order valence-electron chi connectivity index (χ0n) is 9.23. The van der Waals surface area contributed by atoms with E-state index >= 15 is 0 Å². The molecule has 0 spiro atoms. The molecule has 1 aliphatic heterocycles. The van der Waals surface area contributed by atoms with Crippen LogP contribution in [0.25, 0.3) is 0 Å². The number of hydrogen-bond donors (Lipinski definition) is 2. The van der Waals surface area contributed by atoms with E-state index in [0.29, 0.717) is 12.5 Å². The summed E-state index contributed by atoms with van der Waals surface area (Å²) < 4.78 is 0. The highest BCUT2D eigenvalue weighted by molar-refractivity contribution is 7.07. The second-order valence-corrected chi connectivity index (χ2v) is 4.84. The first-order chi connectivity index (χ1) is 7.27. The van der Waals surface area contributed by atoms with Gasteiger partial charge in [0, 0.05) is 12.5 Å². The number of nitrogens with one attached hydrogen (secondary N) is 2. The Morgan fingerprint density at radius 1 is 1.69 bits per heavy atom. The molecule has 1 aromatic rings. The topological polar surface area (TPSA) is 41.1 Å². The predicted molar refractivity (Wildman–Crippen MR) is 68.9 cm³/mol. The normalized spacial score (nSPS) is 17.1. The summed E-state index contributed by atoms with van der Waals surface area (Å²) in [6, 6.07) is 2.04. The van der Waals surface area contributed by atoms with Gasteiger partial charge in [0.2, 0.25) is 5.91 Å². The fourth-order valence-electron chi connectivity index (χ4n) is 1.62. The number of carbonyl (C=O) groups is 1. The quantitative estimate of drug-likeness (QED) is 0.864. The second-order valence-electron chi connectivity index (χ2n) is 4.06. The van der Waals surface area contributed by atoms with Gasteiger partial charge < -0.3 is 10.6 Å². The van der Waals surface area contributed by atoms with E-state index in [9.17, 15) is 4.79 Å². The highest BCUT2D eigenvalue weighted by atomic mass is 35.5. The summed E-state index contributed by atoms with van der Waals surface area (Å²) in [6.45, 7) is 4.63. The standard InChI is InChI=1S/C11H16N2OS.ClH/c1-8(10-5-12-6-10)11(14)13-4-9-2-3-15-7-9;/h2-3,7-8,10,12H,4-6H2,1H3,(H,13,14);1H. The Morgan fingerprint density at radius 2 is 2.44 bits per heavy atom. The first-order valence-corrected chi connectivity index (χ1v) is 6.21. The van der Waals surface area contributed by atoms with Crippen LogP contribution in [0.4, 0.5) is 0 Å². The monoisotopic (exact) mass is 260 g/mol. The summed E-state index contributed by atoms with van der Waals surface area (Å²) in [5.74, 6) is 0.824. The molecule has 0 aliphatic carbocycles. The number of thiophene rings is 1. The summed E-state index contributed by atoms with van der Waals surface area (Å²) in [4.78, 5) is 11.7. The molecule has 2 N–H and O–H groups in total. The number of halogens is 1. The van der Waals surface area contributed by atoms with Gasteiger partial charge in [0.1, 0.15) is 0 Å². The Balaban J connectivity index is 0.00000128. The van der Waals surface area contributed by atoms with Gasteiger partial charge in [-0.05, 0) is 41.4 Å². The smallest absolute Gasteiger partial charge is 0.223 e. The van der Waals surface area contributed by atoms with Crippen LogP contribution >= 0.6 is 23.7 Å². The van der Waals surface area contributed by atoms with E-state index in [1.807, 2.05) is 18.4 Å². The van der Waals surface area contributed by atoms with E-state index in [4.69, 9.17) is 0 Å². The lowest BCUT2D eigenvalue weighted by Gasteiger charge is -2.31. The molecule has 1 aliphatic rings. The first-order valence-electron chi connectivity index (χ1n) is 5.27. The average molecular weight is 261 g/mol. The van der Waals surface area contributed by atoms with Crippen LogP contribution in [0.15, 0.2) is 16.8 Å². The van der Waals surface area contributed by atoms with Crippen LogP contribution in [0.5, 0.6) is 0 Å². The van der Waals surface area contributed by atoms with E-state index in [2.05, 4.69) is 16.0 Å². The molecule has 1 saturated heterocycles. The molecule has 1 aromatic heterocycles. The van der Waals surface area contributed by atoms with Gasteiger partial charge in [-0.3, -0.25) is 4.79 Å². The van der Waals surface area contributed by atoms with Crippen LogP contribution in [0.2, 0.25) is 0 Å². The molecule has 0 radical (unpaired) electrons. The molecule has 1 amide bonds. The lowest BCUT2D eigenvalue weighted by molar-refractivity contribution is -0.126. The second kappa shape index (κ2) is 6.23. The summed E-state index contributed by atoms with van der Waals surface area (Å²) in [7, 11) is 0. The molecule has 3 nitrogen and oxygen atoms in total. The minimum atomic E-state index is 0. The van der Waals surface area contributed by atoms with Gasteiger partial charge in [-0.15, -0.1) is 12.4 Å². The molecular formula is C11H17ClN2OS. The number of rotatable bonds is 4. The molecule has 0 saturated carbocycles. The molecule has 0 aromatic carbocycles. The molecule has 1 fully saturated rings. The summed E-state index contributed by atoms with van der Waals surface area (Å²) in [6.07, 6.45) is 0. The number of amides is 1. The fourth-order valence-corrected chi connectivity index (χ4v) is 2.29. The molecule has 1 unspecified atom stereocenters. The average Bonchev–Trinajstić information content (AvgIpc) is 2.63. The van der Waals surface area contributed by atoms with Gasteiger partial charge in [-0.2, -0.15) is 11.3 Å². The minimum Gasteiger partial charge on any atom is -0.352 e. The van der Waals surface area contributed by atoms with Crippen molar-refractivity contribution in [2.24, 2.45) is 11.8 Å². The van der Waals surface area contributed by atoms with Crippen LogP contribution in [0, 0.1) is 11.8 Å². The van der Waals surface area contributed by atoms with Crippen molar-refractivity contribution < 1.29 is 4.79 Å². The van der Waals surface area contributed by atoms with E-state index in [1.165, 1.54) is 5.56 Å². The predicted octanol–water partition coefficient (Wildman–Crippen LogP) is 1.64. The Kier molecular flexibility index (Phi) is 5.25. The van der Waals surface area contributed by atoms with E-state index in [1.54, 1.807) is 11.3 Å². The van der Waals surface area contributed by atoms with Crippen LogP contribution in [-0.2, 0) is 11.3 Å².